The van der Waals surface area contributed by atoms with Crippen molar-refractivity contribution in [1.82, 2.24) is 0 Å². The fourth-order valence-corrected chi connectivity index (χ4v) is 2.14. The van der Waals surface area contributed by atoms with Crippen molar-refractivity contribution in [3.05, 3.63) is 64.2 Å². The number of amides is 1. The molecule has 0 atom stereocenters. The Bertz CT molecular complexity index is 869. The van der Waals surface area contributed by atoms with E-state index >= 15 is 0 Å². The lowest BCUT2D eigenvalue weighted by molar-refractivity contribution is -0.384. The molecular formula is C19H18N2O7. The smallest absolute Gasteiger partial charge is 0.331 e. The van der Waals surface area contributed by atoms with Crippen LogP contribution in [-0.4, -0.2) is 37.6 Å². The maximum atomic E-state index is 11.8. The molecule has 146 valence electrons. The molecule has 0 radical (unpaired) electrons. The van der Waals surface area contributed by atoms with Crippen molar-refractivity contribution in [3.63, 3.8) is 0 Å². The molecule has 2 aromatic carbocycles. The average molecular weight is 386 g/mol. The van der Waals surface area contributed by atoms with E-state index in [0.717, 1.165) is 0 Å². The van der Waals surface area contributed by atoms with E-state index in [1.807, 2.05) is 0 Å². The third-order valence-electron chi connectivity index (χ3n) is 3.49. The van der Waals surface area contributed by atoms with E-state index in [-0.39, 0.29) is 5.69 Å². The van der Waals surface area contributed by atoms with Crippen molar-refractivity contribution in [1.29, 1.82) is 0 Å². The fourth-order valence-electron chi connectivity index (χ4n) is 2.14. The SMILES string of the molecule is COc1cc(/C=C/C(=O)OCC(=O)Nc2ccc([N+](=O)[O-])cc2)cc(OC)c1. The molecule has 0 fully saturated rings. The summed E-state index contributed by atoms with van der Waals surface area (Å²) in [5.74, 6) is -0.149. The molecule has 0 saturated heterocycles. The number of benzene rings is 2. The Morgan fingerprint density at radius 2 is 1.68 bits per heavy atom. The monoisotopic (exact) mass is 386 g/mol. The molecule has 9 heteroatoms. The molecule has 0 bridgehead atoms. The van der Waals surface area contributed by atoms with Gasteiger partial charge in [-0.2, -0.15) is 0 Å². The number of carbonyl (C=O) groups is 2. The second-order valence-electron chi connectivity index (χ2n) is 5.44. The van der Waals surface area contributed by atoms with Gasteiger partial charge in [0.2, 0.25) is 0 Å². The summed E-state index contributed by atoms with van der Waals surface area (Å²) in [6, 6.07) is 10.4. The Balaban J connectivity index is 1.87. The lowest BCUT2D eigenvalue weighted by atomic mass is 10.2. The summed E-state index contributed by atoms with van der Waals surface area (Å²) in [5, 5.41) is 13.1. The van der Waals surface area contributed by atoms with Crippen molar-refractivity contribution in [2.75, 3.05) is 26.1 Å². The number of anilines is 1. The summed E-state index contributed by atoms with van der Waals surface area (Å²) in [5.41, 5.74) is 0.915. The second kappa shape index (κ2) is 9.72. The molecule has 0 saturated carbocycles. The summed E-state index contributed by atoms with van der Waals surface area (Å²) < 4.78 is 15.1. The molecule has 9 nitrogen and oxygen atoms in total. The number of hydrogen-bond donors (Lipinski definition) is 1. The first-order chi connectivity index (χ1) is 13.4. The Hall–Kier alpha value is -3.88. The minimum absolute atomic E-state index is 0.0938. The molecule has 0 aliphatic carbocycles. The first-order valence-corrected chi connectivity index (χ1v) is 8.03. The number of ether oxygens (including phenoxy) is 3. The van der Waals surface area contributed by atoms with Gasteiger partial charge < -0.3 is 19.5 Å². The number of nitro groups is 1. The zero-order valence-electron chi connectivity index (χ0n) is 15.2. The van der Waals surface area contributed by atoms with Crippen LogP contribution in [0.3, 0.4) is 0 Å². The van der Waals surface area contributed by atoms with Gasteiger partial charge in [-0.3, -0.25) is 14.9 Å². The highest BCUT2D eigenvalue weighted by atomic mass is 16.6. The average Bonchev–Trinajstić information content (AvgIpc) is 2.70. The topological polar surface area (TPSA) is 117 Å². The van der Waals surface area contributed by atoms with Gasteiger partial charge in [-0.25, -0.2) is 4.79 Å². The van der Waals surface area contributed by atoms with Gasteiger partial charge in [0.05, 0.1) is 19.1 Å². The molecule has 0 aromatic heterocycles. The molecule has 2 aromatic rings. The fraction of sp³-hybridized carbons (Fsp3) is 0.158. The largest absolute Gasteiger partial charge is 0.497 e. The number of methoxy groups -OCH3 is 2. The molecule has 0 spiro atoms. The molecule has 0 unspecified atom stereocenters. The van der Waals surface area contributed by atoms with Gasteiger partial charge in [0.15, 0.2) is 6.61 Å². The van der Waals surface area contributed by atoms with Crippen molar-refractivity contribution >= 4 is 29.3 Å². The Labute approximate surface area is 160 Å². The third-order valence-corrected chi connectivity index (χ3v) is 3.49. The van der Waals surface area contributed by atoms with Crippen molar-refractivity contribution in [2.24, 2.45) is 0 Å². The van der Waals surface area contributed by atoms with Gasteiger partial charge in [0.1, 0.15) is 11.5 Å². The van der Waals surface area contributed by atoms with Crippen molar-refractivity contribution in [3.8, 4) is 11.5 Å². The number of non-ortho nitro benzene ring substituents is 1. The highest BCUT2D eigenvalue weighted by Crippen LogP contribution is 2.23. The molecule has 2 rings (SSSR count). The number of hydrogen-bond acceptors (Lipinski definition) is 7. The van der Waals surface area contributed by atoms with Crippen LogP contribution in [-0.2, 0) is 14.3 Å². The lowest BCUT2D eigenvalue weighted by Crippen LogP contribution is -2.20. The number of esters is 1. The summed E-state index contributed by atoms with van der Waals surface area (Å²) in [6.45, 7) is -0.498. The Morgan fingerprint density at radius 1 is 1.07 bits per heavy atom. The summed E-state index contributed by atoms with van der Waals surface area (Å²) in [6.07, 6.45) is 2.68. The number of carbonyl (C=O) groups excluding carboxylic acids is 2. The molecule has 0 heterocycles. The van der Waals surface area contributed by atoms with E-state index in [0.29, 0.717) is 22.7 Å². The minimum Gasteiger partial charge on any atom is -0.497 e. The zero-order valence-corrected chi connectivity index (χ0v) is 15.2. The van der Waals surface area contributed by atoms with Gasteiger partial charge in [-0.1, -0.05) is 0 Å². The first-order valence-electron chi connectivity index (χ1n) is 8.03. The van der Waals surface area contributed by atoms with Crippen molar-refractivity contribution < 1.29 is 28.7 Å². The van der Waals surface area contributed by atoms with Crippen molar-refractivity contribution in [2.45, 2.75) is 0 Å². The first kappa shape index (κ1) is 20.4. The molecule has 1 N–H and O–H groups in total. The van der Waals surface area contributed by atoms with Crippen LogP contribution >= 0.6 is 0 Å². The summed E-state index contributed by atoms with van der Waals surface area (Å²) in [4.78, 5) is 33.6. The number of nitrogens with zero attached hydrogens (tertiary/aromatic N) is 1. The van der Waals surface area contributed by atoms with Gasteiger partial charge >= 0.3 is 5.97 Å². The van der Waals surface area contributed by atoms with Gasteiger partial charge in [0.25, 0.3) is 11.6 Å². The Morgan fingerprint density at radius 3 is 2.21 bits per heavy atom. The highest BCUT2D eigenvalue weighted by molar-refractivity contribution is 5.94. The maximum Gasteiger partial charge on any atom is 0.331 e. The minimum atomic E-state index is -0.708. The van der Waals surface area contributed by atoms with Crippen LogP contribution in [0.1, 0.15) is 5.56 Å². The summed E-state index contributed by atoms with van der Waals surface area (Å²) >= 11 is 0. The van der Waals surface area contributed by atoms with Crippen LogP contribution in [0, 0.1) is 10.1 Å². The molecular weight excluding hydrogens is 368 g/mol. The highest BCUT2D eigenvalue weighted by Gasteiger charge is 2.08. The van der Waals surface area contributed by atoms with Crippen LogP contribution in [0.25, 0.3) is 6.08 Å². The van der Waals surface area contributed by atoms with E-state index in [1.54, 1.807) is 18.2 Å². The van der Waals surface area contributed by atoms with E-state index in [4.69, 9.17) is 14.2 Å². The van der Waals surface area contributed by atoms with Crippen LogP contribution in [0.4, 0.5) is 11.4 Å². The van der Waals surface area contributed by atoms with Crippen LogP contribution in [0.5, 0.6) is 11.5 Å². The predicted molar refractivity (Wildman–Crippen MR) is 101 cm³/mol. The van der Waals surface area contributed by atoms with E-state index < -0.39 is 23.4 Å². The number of nitrogens with one attached hydrogen (secondary N) is 1. The van der Waals surface area contributed by atoms with Gasteiger partial charge in [-0.15, -0.1) is 0 Å². The van der Waals surface area contributed by atoms with Gasteiger partial charge in [0, 0.05) is 30.0 Å². The molecule has 1 amide bonds. The molecule has 0 aliphatic rings. The van der Waals surface area contributed by atoms with Crippen LogP contribution in [0.15, 0.2) is 48.5 Å². The second-order valence-corrected chi connectivity index (χ2v) is 5.44. The lowest BCUT2D eigenvalue weighted by Gasteiger charge is -2.06. The maximum absolute atomic E-state index is 11.8. The van der Waals surface area contributed by atoms with Gasteiger partial charge in [-0.05, 0) is 35.9 Å². The van der Waals surface area contributed by atoms with E-state index in [1.165, 1.54) is 50.6 Å². The van der Waals surface area contributed by atoms with E-state index in [9.17, 15) is 19.7 Å². The molecule has 0 aliphatic heterocycles. The van der Waals surface area contributed by atoms with E-state index in [2.05, 4.69) is 5.32 Å². The third kappa shape index (κ3) is 6.13. The summed E-state index contributed by atoms with van der Waals surface area (Å²) in [7, 11) is 3.03. The standard InChI is InChI=1S/C19H18N2O7/c1-26-16-9-13(10-17(11-16)27-2)3-8-19(23)28-12-18(22)20-14-4-6-15(7-5-14)21(24)25/h3-11H,12H2,1-2H3,(H,20,22)/b8-3+. The normalized spacial score (nSPS) is 10.4. The quantitative estimate of drug-likeness (QED) is 0.321. The van der Waals surface area contributed by atoms with Crippen LogP contribution in [0.2, 0.25) is 0 Å². The Kier molecular flexibility index (Phi) is 7.09. The predicted octanol–water partition coefficient (Wildman–Crippen LogP) is 2.81. The molecule has 28 heavy (non-hydrogen) atoms. The number of rotatable bonds is 8. The van der Waals surface area contributed by atoms with Crippen LogP contribution < -0.4 is 14.8 Å². The zero-order chi connectivity index (χ0) is 20.5. The number of nitro benzene ring substituents is 1.